The average Bonchev–Trinajstić information content (AvgIpc) is 2.64. The molecule has 0 aliphatic carbocycles. The number of anilines is 1. The van der Waals surface area contributed by atoms with E-state index < -0.39 is 11.8 Å². The molecule has 2 aromatic carbocycles. The number of hydrogen-bond donors (Lipinski definition) is 0. The van der Waals surface area contributed by atoms with E-state index in [1.165, 1.54) is 12.1 Å². The van der Waals surface area contributed by atoms with Crippen LogP contribution in [0.5, 0.6) is 0 Å². The van der Waals surface area contributed by atoms with Gasteiger partial charge < -0.3 is 0 Å². The Bertz CT molecular complexity index is 715. The zero-order chi connectivity index (χ0) is 14.4. The van der Waals surface area contributed by atoms with Crippen LogP contribution in [-0.4, -0.2) is 11.8 Å². The second-order valence-electron chi connectivity index (χ2n) is 4.39. The Morgan fingerprint density at radius 2 is 1.40 bits per heavy atom. The molecular formula is C15H8Cl2NO2. The van der Waals surface area contributed by atoms with Crippen LogP contribution in [0.1, 0.15) is 26.3 Å². The van der Waals surface area contributed by atoms with E-state index in [0.29, 0.717) is 11.3 Å². The Morgan fingerprint density at radius 3 is 1.90 bits per heavy atom. The van der Waals surface area contributed by atoms with Crippen molar-refractivity contribution in [1.29, 1.82) is 0 Å². The number of imide groups is 1. The zero-order valence-corrected chi connectivity index (χ0v) is 11.7. The van der Waals surface area contributed by atoms with Crippen LogP contribution in [0.25, 0.3) is 0 Å². The maximum absolute atomic E-state index is 12.4. The van der Waals surface area contributed by atoms with Gasteiger partial charge in [0.05, 0.1) is 26.9 Å². The summed E-state index contributed by atoms with van der Waals surface area (Å²) in [7, 11) is 0. The molecule has 99 valence electrons. The fourth-order valence-corrected chi connectivity index (χ4v) is 2.51. The lowest BCUT2D eigenvalue weighted by Gasteiger charge is -2.16. The van der Waals surface area contributed by atoms with Crippen molar-refractivity contribution in [3.8, 4) is 0 Å². The summed E-state index contributed by atoms with van der Waals surface area (Å²) in [6.07, 6.45) is 0. The molecule has 0 aromatic heterocycles. The Hall–Kier alpha value is -1.84. The average molecular weight is 305 g/mol. The van der Waals surface area contributed by atoms with Gasteiger partial charge in [0.25, 0.3) is 11.8 Å². The van der Waals surface area contributed by atoms with E-state index in [9.17, 15) is 9.59 Å². The number of amides is 2. The molecule has 1 radical (unpaired) electrons. The van der Waals surface area contributed by atoms with Gasteiger partial charge in [0, 0.05) is 0 Å². The molecule has 5 heteroatoms. The van der Waals surface area contributed by atoms with Gasteiger partial charge in [-0.05, 0) is 30.7 Å². The van der Waals surface area contributed by atoms with Crippen molar-refractivity contribution in [3.63, 3.8) is 0 Å². The highest BCUT2D eigenvalue weighted by Crippen LogP contribution is 2.34. The first-order valence-electron chi connectivity index (χ1n) is 5.79. The van der Waals surface area contributed by atoms with Gasteiger partial charge in [-0.3, -0.25) is 9.59 Å². The summed E-state index contributed by atoms with van der Waals surface area (Å²) in [5, 5.41) is 0.493. The predicted octanol–water partition coefficient (Wildman–Crippen LogP) is 3.98. The van der Waals surface area contributed by atoms with E-state index in [1.807, 2.05) is 0 Å². The van der Waals surface area contributed by atoms with Crippen LogP contribution in [-0.2, 0) is 0 Å². The summed E-state index contributed by atoms with van der Waals surface area (Å²) < 4.78 is 0. The molecule has 3 nitrogen and oxygen atoms in total. The van der Waals surface area contributed by atoms with Crippen molar-refractivity contribution >= 4 is 40.7 Å². The highest BCUT2D eigenvalue weighted by atomic mass is 35.5. The number of nitrogens with zero attached hydrogens (tertiary/aromatic N) is 1. The second-order valence-corrected chi connectivity index (χ2v) is 5.20. The molecule has 0 atom stereocenters. The normalized spacial score (nSPS) is 13.8. The Kier molecular flexibility index (Phi) is 3.04. The first kappa shape index (κ1) is 13.2. The van der Waals surface area contributed by atoms with E-state index in [1.54, 1.807) is 24.3 Å². The van der Waals surface area contributed by atoms with Gasteiger partial charge in [-0.25, -0.2) is 4.90 Å². The molecule has 2 aromatic rings. The quantitative estimate of drug-likeness (QED) is 0.747. The fourth-order valence-electron chi connectivity index (χ4n) is 2.18. The number of halogens is 2. The van der Waals surface area contributed by atoms with Gasteiger partial charge in [-0.2, -0.15) is 0 Å². The Balaban J connectivity index is 2.17. The molecule has 0 saturated carbocycles. The van der Waals surface area contributed by atoms with Crippen LogP contribution in [0, 0.1) is 6.92 Å². The van der Waals surface area contributed by atoms with Crippen LogP contribution in [0.2, 0.25) is 10.0 Å². The molecule has 1 aliphatic heterocycles. The standard InChI is InChI=1S/C15H8Cl2NO2/c1-8-4-2-3-5-13(8)18-14(19)9-6-11(16)12(17)7-10(9)15(18)20/h2-7H,1H2. The lowest BCUT2D eigenvalue weighted by atomic mass is 10.1. The number of para-hydroxylation sites is 1. The number of rotatable bonds is 1. The summed E-state index contributed by atoms with van der Waals surface area (Å²) in [5.74, 6) is -0.834. The van der Waals surface area contributed by atoms with Gasteiger partial charge in [0.2, 0.25) is 0 Å². The van der Waals surface area contributed by atoms with Gasteiger partial charge in [0.15, 0.2) is 0 Å². The van der Waals surface area contributed by atoms with Gasteiger partial charge in [0.1, 0.15) is 0 Å². The summed E-state index contributed by atoms with van der Waals surface area (Å²) in [4.78, 5) is 25.9. The summed E-state index contributed by atoms with van der Waals surface area (Å²) in [6.45, 7) is 3.83. The molecule has 20 heavy (non-hydrogen) atoms. The highest BCUT2D eigenvalue weighted by Gasteiger charge is 2.37. The maximum Gasteiger partial charge on any atom is 0.266 e. The van der Waals surface area contributed by atoms with Crippen LogP contribution < -0.4 is 4.90 Å². The molecule has 0 N–H and O–H groups in total. The lowest BCUT2D eigenvalue weighted by molar-refractivity contribution is 0.0926. The van der Waals surface area contributed by atoms with Crippen LogP contribution >= 0.6 is 23.2 Å². The van der Waals surface area contributed by atoms with Crippen molar-refractivity contribution in [2.24, 2.45) is 0 Å². The minimum Gasteiger partial charge on any atom is -0.268 e. The third kappa shape index (κ3) is 1.82. The lowest BCUT2D eigenvalue weighted by Crippen LogP contribution is -2.29. The number of carbonyl (C=O) groups is 2. The fraction of sp³-hybridized carbons (Fsp3) is 0. The highest BCUT2D eigenvalue weighted by molar-refractivity contribution is 6.44. The number of benzene rings is 2. The predicted molar refractivity (Wildman–Crippen MR) is 78.5 cm³/mol. The Morgan fingerprint density at radius 1 is 0.900 bits per heavy atom. The third-order valence-corrected chi connectivity index (χ3v) is 3.88. The summed E-state index contributed by atoms with van der Waals surface area (Å²) in [5.41, 5.74) is 1.57. The van der Waals surface area contributed by atoms with Crippen molar-refractivity contribution in [2.45, 2.75) is 0 Å². The monoisotopic (exact) mass is 304 g/mol. The summed E-state index contributed by atoms with van der Waals surface area (Å²) in [6, 6.07) is 9.79. The van der Waals surface area contributed by atoms with Crippen molar-refractivity contribution in [2.75, 3.05) is 4.90 Å². The molecule has 0 unspecified atom stereocenters. The SMILES string of the molecule is [CH2]c1ccccc1N1C(=O)c2cc(Cl)c(Cl)cc2C1=O. The van der Waals surface area contributed by atoms with Crippen molar-refractivity contribution in [3.05, 3.63) is 70.1 Å². The molecule has 3 rings (SSSR count). The van der Waals surface area contributed by atoms with E-state index in [0.717, 1.165) is 4.90 Å². The maximum atomic E-state index is 12.4. The minimum atomic E-state index is -0.417. The third-order valence-electron chi connectivity index (χ3n) is 3.16. The molecule has 2 amide bonds. The number of hydrogen-bond acceptors (Lipinski definition) is 2. The second kappa shape index (κ2) is 4.62. The topological polar surface area (TPSA) is 37.4 Å². The van der Waals surface area contributed by atoms with Gasteiger partial charge in [-0.1, -0.05) is 41.4 Å². The van der Waals surface area contributed by atoms with Gasteiger partial charge in [-0.15, -0.1) is 0 Å². The molecule has 1 heterocycles. The number of carbonyl (C=O) groups excluding carboxylic acids is 2. The van der Waals surface area contributed by atoms with E-state index in [2.05, 4.69) is 6.92 Å². The molecule has 0 fully saturated rings. The Labute approximate surface area is 125 Å². The molecule has 0 spiro atoms. The molecule has 0 saturated heterocycles. The zero-order valence-electron chi connectivity index (χ0n) is 10.2. The van der Waals surface area contributed by atoms with Crippen LogP contribution in [0.15, 0.2) is 36.4 Å². The van der Waals surface area contributed by atoms with E-state index in [-0.39, 0.29) is 21.2 Å². The molecule has 0 bridgehead atoms. The first-order chi connectivity index (χ1) is 9.50. The largest absolute Gasteiger partial charge is 0.268 e. The molecule has 1 aliphatic rings. The van der Waals surface area contributed by atoms with Crippen LogP contribution in [0.4, 0.5) is 5.69 Å². The number of fused-ring (bicyclic) bond motifs is 1. The van der Waals surface area contributed by atoms with Crippen molar-refractivity contribution in [1.82, 2.24) is 0 Å². The van der Waals surface area contributed by atoms with Crippen molar-refractivity contribution < 1.29 is 9.59 Å². The van der Waals surface area contributed by atoms with Gasteiger partial charge >= 0.3 is 0 Å². The van der Waals surface area contributed by atoms with E-state index in [4.69, 9.17) is 23.2 Å². The first-order valence-corrected chi connectivity index (χ1v) is 6.55. The van der Waals surface area contributed by atoms with Crippen LogP contribution in [0.3, 0.4) is 0 Å². The molecular weight excluding hydrogens is 297 g/mol. The summed E-state index contributed by atoms with van der Waals surface area (Å²) >= 11 is 11.8. The minimum absolute atomic E-state index is 0.247. The van der Waals surface area contributed by atoms with E-state index >= 15 is 0 Å². The smallest absolute Gasteiger partial charge is 0.266 e.